The molecule has 4 nitrogen and oxygen atoms in total. The minimum atomic E-state index is -2.99. The number of sulfone groups is 1. The van der Waals surface area contributed by atoms with Crippen LogP contribution in [0.25, 0.3) is 0 Å². The van der Waals surface area contributed by atoms with Crippen LogP contribution in [0, 0.1) is 0 Å². The maximum atomic E-state index is 11.9. The van der Waals surface area contributed by atoms with Crippen molar-refractivity contribution in [1.29, 1.82) is 0 Å². The zero-order valence-electron chi connectivity index (χ0n) is 9.92. The molecule has 1 N–H and O–H groups in total. The number of thioether (sulfide) groups is 1. The summed E-state index contributed by atoms with van der Waals surface area (Å²) in [6, 6.07) is 0. The summed E-state index contributed by atoms with van der Waals surface area (Å²) in [5.41, 5.74) is 0. The molecule has 6 heteroatoms. The Morgan fingerprint density at radius 3 is 2.81 bits per heavy atom. The Hall–Kier alpha value is 0.220. The Bertz CT molecular complexity index is 303. The zero-order valence-corrected chi connectivity index (χ0v) is 11.6. The molecule has 0 spiro atoms. The normalized spacial score (nSPS) is 25.6. The van der Waals surface area contributed by atoms with Gasteiger partial charge in [0.15, 0.2) is 9.84 Å². The van der Waals surface area contributed by atoms with Gasteiger partial charge in [-0.25, -0.2) is 8.42 Å². The molecule has 1 fully saturated rings. The van der Waals surface area contributed by atoms with E-state index in [9.17, 15) is 13.5 Å². The van der Waals surface area contributed by atoms with Crippen LogP contribution in [0.3, 0.4) is 0 Å². The van der Waals surface area contributed by atoms with Gasteiger partial charge in [0.25, 0.3) is 0 Å². The molecule has 0 bridgehead atoms. The quantitative estimate of drug-likeness (QED) is 0.789. The highest BCUT2D eigenvalue weighted by molar-refractivity contribution is 8.01. The van der Waals surface area contributed by atoms with Crippen LogP contribution in [0.2, 0.25) is 0 Å². The van der Waals surface area contributed by atoms with Gasteiger partial charge < -0.3 is 5.11 Å². The topological polar surface area (TPSA) is 57.6 Å². The maximum absolute atomic E-state index is 11.9. The van der Waals surface area contributed by atoms with Crippen LogP contribution in [-0.4, -0.2) is 60.3 Å². The molecule has 96 valence electrons. The molecular formula is C10H21NO3S2. The first-order valence-electron chi connectivity index (χ1n) is 5.68. The van der Waals surface area contributed by atoms with Crippen LogP contribution in [0.1, 0.15) is 20.3 Å². The Labute approximate surface area is 102 Å². The summed E-state index contributed by atoms with van der Waals surface area (Å²) >= 11 is 1.70. The predicted octanol–water partition coefficient (Wildman–Crippen LogP) is 0.567. The molecule has 0 amide bonds. The molecule has 0 radical (unpaired) electrons. The molecule has 0 aliphatic carbocycles. The van der Waals surface area contributed by atoms with Crippen molar-refractivity contribution in [2.45, 2.75) is 31.7 Å². The molecule has 1 aliphatic heterocycles. The molecule has 0 aromatic heterocycles. The van der Waals surface area contributed by atoms with Crippen LogP contribution in [0.15, 0.2) is 0 Å². The molecule has 0 aromatic rings. The third-order valence-corrected chi connectivity index (χ3v) is 6.17. The van der Waals surface area contributed by atoms with Crippen LogP contribution in [-0.2, 0) is 9.84 Å². The lowest BCUT2D eigenvalue weighted by atomic mass is 10.2. The van der Waals surface area contributed by atoms with Gasteiger partial charge in [0, 0.05) is 30.3 Å². The minimum absolute atomic E-state index is 0.198. The van der Waals surface area contributed by atoms with E-state index < -0.39 is 9.84 Å². The molecule has 1 saturated heterocycles. The van der Waals surface area contributed by atoms with Crippen LogP contribution >= 0.6 is 11.8 Å². The molecule has 1 rings (SSSR count). The average Bonchev–Trinajstić information content (AvgIpc) is 2.26. The first-order chi connectivity index (χ1) is 7.47. The molecule has 2 unspecified atom stereocenters. The summed E-state index contributed by atoms with van der Waals surface area (Å²) < 4.78 is 23.8. The zero-order chi connectivity index (χ0) is 12.2. The number of hydrogen-bond acceptors (Lipinski definition) is 5. The molecular weight excluding hydrogens is 246 g/mol. The second-order valence-corrected chi connectivity index (χ2v) is 7.75. The first-order valence-corrected chi connectivity index (χ1v) is 8.55. The Balaban J connectivity index is 2.64. The molecule has 16 heavy (non-hydrogen) atoms. The van der Waals surface area contributed by atoms with E-state index in [2.05, 4.69) is 0 Å². The Morgan fingerprint density at radius 1 is 1.56 bits per heavy atom. The van der Waals surface area contributed by atoms with E-state index in [0.717, 1.165) is 12.3 Å². The van der Waals surface area contributed by atoms with Crippen LogP contribution in [0.5, 0.6) is 0 Å². The minimum Gasteiger partial charge on any atom is -0.393 e. The lowest BCUT2D eigenvalue weighted by Gasteiger charge is -2.34. The second kappa shape index (κ2) is 6.23. The van der Waals surface area contributed by atoms with Crippen molar-refractivity contribution in [3.63, 3.8) is 0 Å². The molecule has 0 saturated carbocycles. The van der Waals surface area contributed by atoms with E-state index in [1.165, 1.54) is 0 Å². The fraction of sp³-hybridized carbons (Fsp3) is 1.00. The monoisotopic (exact) mass is 267 g/mol. The molecule has 1 heterocycles. The Kier molecular flexibility index (Phi) is 5.56. The number of nitrogens with zero attached hydrogens (tertiary/aromatic N) is 1. The van der Waals surface area contributed by atoms with Gasteiger partial charge in [0.2, 0.25) is 0 Å². The summed E-state index contributed by atoms with van der Waals surface area (Å²) in [7, 11) is -2.99. The summed E-state index contributed by atoms with van der Waals surface area (Å²) in [6.07, 6.45) is 0.278. The van der Waals surface area contributed by atoms with Crippen molar-refractivity contribution < 1.29 is 13.5 Å². The largest absolute Gasteiger partial charge is 0.393 e. The molecule has 2 atom stereocenters. The van der Waals surface area contributed by atoms with Crippen molar-refractivity contribution in [1.82, 2.24) is 4.90 Å². The van der Waals surface area contributed by atoms with Gasteiger partial charge in [-0.05, 0) is 13.3 Å². The summed E-state index contributed by atoms with van der Waals surface area (Å²) in [4.78, 5) is 2.00. The van der Waals surface area contributed by atoms with E-state index in [1.54, 1.807) is 25.6 Å². The summed E-state index contributed by atoms with van der Waals surface area (Å²) in [5.74, 6) is 1.84. The van der Waals surface area contributed by atoms with Gasteiger partial charge in [-0.2, -0.15) is 11.8 Å². The summed E-state index contributed by atoms with van der Waals surface area (Å²) in [6.45, 7) is 4.91. The lowest BCUT2D eigenvalue weighted by Crippen LogP contribution is -2.48. The van der Waals surface area contributed by atoms with Crippen molar-refractivity contribution in [3.05, 3.63) is 0 Å². The van der Waals surface area contributed by atoms with Gasteiger partial charge in [0.05, 0.1) is 6.10 Å². The number of aliphatic hydroxyl groups excluding tert-OH is 1. The summed E-state index contributed by atoms with van der Waals surface area (Å²) in [5, 5.41) is 8.90. The predicted molar refractivity (Wildman–Crippen MR) is 68.4 cm³/mol. The van der Waals surface area contributed by atoms with Crippen LogP contribution in [0.4, 0.5) is 0 Å². The highest BCUT2D eigenvalue weighted by Crippen LogP contribution is 2.21. The smallest absolute Gasteiger partial charge is 0.166 e. The molecule has 0 aromatic carbocycles. The number of rotatable bonds is 5. The SMILES string of the molecule is CCS(=O)(=O)C1CSCCN1CCC(C)O. The third-order valence-electron chi connectivity index (χ3n) is 2.84. The van der Waals surface area contributed by atoms with Crippen molar-refractivity contribution in [2.24, 2.45) is 0 Å². The second-order valence-electron chi connectivity index (χ2n) is 4.15. The highest BCUT2D eigenvalue weighted by atomic mass is 32.2. The number of hydrogen-bond donors (Lipinski definition) is 1. The van der Waals surface area contributed by atoms with Gasteiger partial charge in [-0.3, -0.25) is 4.90 Å². The van der Waals surface area contributed by atoms with E-state index in [4.69, 9.17) is 0 Å². The fourth-order valence-electron chi connectivity index (χ4n) is 1.75. The Morgan fingerprint density at radius 2 is 2.25 bits per heavy atom. The van der Waals surface area contributed by atoms with E-state index in [-0.39, 0.29) is 17.2 Å². The maximum Gasteiger partial charge on any atom is 0.166 e. The highest BCUT2D eigenvalue weighted by Gasteiger charge is 2.32. The van der Waals surface area contributed by atoms with Gasteiger partial charge in [0.1, 0.15) is 5.37 Å². The van der Waals surface area contributed by atoms with Gasteiger partial charge in [-0.15, -0.1) is 0 Å². The van der Waals surface area contributed by atoms with Crippen molar-refractivity contribution >= 4 is 21.6 Å². The molecule has 1 aliphatic rings. The first kappa shape index (κ1) is 14.3. The average molecular weight is 267 g/mol. The van der Waals surface area contributed by atoms with Gasteiger partial charge >= 0.3 is 0 Å². The van der Waals surface area contributed by atoms with Crippen molar-refractivity contribution in [2.75, 3.05) is 30.3 Å². The lowest BCUT2D eigenvalue weighted by molar-refractivity contribution is 0.154. The fourth-order valence-corrected chi connectivity index (χ4v) is 4.86. The standard InChI is InChI=1S/C10H21NO3S2/c1-3-16(13,14)10-8-15-7-6-11(10)5-4-9(2)12/h9-10,12H,3-8H2,1-2H3. The van der Waals surface area contributed by atoms with Gasteiger partial charge in [-0.1, -0.05) is 6.92 Å². The van der Waals surface area contributed by atoms with E-state index >= 15 is 0 Å². The third kappa shape index (κ3) is 3.91. The van der Waals surface area contributed by atoms with Crippen molar-refractivity contribution in [3.8, 4) is 0 Å². The van der Waals surface area contributed by atoms with E-state index in [1.807, 2.05) is 4.90 Å². The van der Waals surface area contributed by atoms with Crippen LogP contribution < -0.4 is 0 Å². The van der Waals surface area contributed by atoms with E-state index in [0.29, 0.717) is 18.7 Å². The number of aliphatic hydroxyl groups is 1.